The lowest BCUT2D eigenvalue weighted by atomic mass is 9.94. The molecule has 0 aliphatic heterocycles. The fourth-order valence-electron chi connectivity index (χ4n) is 2.50. The van der Waals surface area contributed by atoms with E-state index < -0.39 is 0 Å². The second kappa shape index (κ2) is 5.06. The number of carbonyl (C=O) groups is 1. The SMILES string of the molecule is Cc1cc(NC(=O)CC2(N)CCCC2)ccc1F. The standard InChI is InChI=1S/C14H19FN2O/c1-10-8-11(4-5-12(10)15)17-13(18)9-14(16)6-2-3-7-14/h4-5,8H,2-3,6-7,9,16H2,1H3,(H,17,18). The first-order chi connectivity index (χ1) is 8.48. The molecule has 1 aliphatic carbocycles. The molecule has 0 radical (unpaired) electrons. The highest BCUT2D eigenvalue weighted by molar-refractivity contribution is 5.91. The van der Waals surface area contributed by atoms with E-state index in [0.717, 1.165) is 25.7 Å². The molecule has 1 saturated carbocycles. The summed E-state index contributed by atoms with van der Waals surface area (Å²) >= 11 is 0. The minimum Gasteiger partial charge on any atom is -0.326 e. The Hall–Kier alpha value is -1.42. The number of aryl methyl sites for hydroxylation is 1. The monoisotopic (exact) mass is 250 g/mol. The molecule has 1 fully saturated rings. The molecule has 2 rings (SSSR count). The van der Waals surface area contributed by atoms with Crippen LogP contribution in [-0.4, -0.2) is 11.4 Å². The molecule has 1 aliphatic rings. The highest BCUT2D eigenvalue weighted by atomic mass is 19.1. The molecule has 1 aromatic carbocycles. The molecule has 3 nitrogen and oxygen atoms in total. The lowest BCUT2D eigenvalue weighted by molar-refractivity contribution is -0.117. The molecule has 0 bridgehead atoms. The van der Waals surface area contributed by atoms with Crippen molar-refractivity contribution in [1.29, 1.82) is 0 Å². The van der Waals surface area contributed by atoms with Gasteiger partial charge >= 0.3 is 0 Å². The highest BCUT2D eigenvalue weighted by Gasteiger charge is 2.31. The Morgan fingerprint density at radius 1 is 1.44 bits per heavy atom. The van der Waals surface area contributed by atoms with Crippen LogP contribution in [0.15, 0.2) is 18.2 Å². The summed E-state index contributed by atoms with van der Waals surface area (Å²) in [4.78, 5) is 11.9. The van der Waals surface area contributed by atoms with Crippen LogP contribution in [0.1, 0.15) is 37.7 Å². The Balaban J connectivity index is 1.96. The molecule has 0 heterocycles. The number of amides is 1. The van der Waals surface area contributed by atoms with E-state index in [9.17, 15) is 9.18 Å². The summed E-state index contributed by atoms with van der Waals surface area (Å²) in [5, 5.41) is 2.78. The third-order valence-corrected chi connectivity index (χ3v) is 3.55. The first-order valence-electron chi connectivity index (χ1n) is 6.33. The van der Waals surface area contributed by atoms with Gasteiger partial charge in [-0.3, -0.25) is 4.79 Å². The van der Waals surface area contributed by atoms with Gasteiger partial charge in [-0.05, 0) is 43.5 Å². The summed E-state index contributed by atoms with van der Waals surface area (Å²) < 4.78 is 13.1. The number of benzene rings is 1. The van der Waals surface area contributed by atoms with Crippen molar-refractivity contribution in [3.05, 3.63) is 29.6 Å². The smallest absolute Gasteiger partial charge is 0.226 e. The quantitative estimate of drug-likeness (QED) is 0.866. The zero-order chi connectivity index (χ0) is 13.2. The molecule has 0 atom stereocenters. The van der Waals surface area contributed by atoms with E-state index in [-0.39, 0.29) is 17.3 Å². The number of hydrogen-bond donors (Lipinski definition) is 2. The number of nitrogens with one attached hydrogen (secondary N) is 1. The van der Waals surface area contributed by atoms with Crippen LogP contribution in [0.5, 0.6) is 0 Å². The van der Waals surface area contributed by atoms with Gasteiger partial charge < -0.3 is 11.1 Å². The number of halogens is 1. The summed E-state index contributed by atoms with van der Waals surface area (Å²) in [5.41, 5.74) is 6.95. The molecule has 0 saturated heterocycles. The molecule has 0 aromatic heterocycles. The van der Waals surface area contributed by atoms with Crippen molar-refractivity contribution in [2.75, 3.05) is 5.32 Å². The van der Waals surface area contributed by atoms with Crippen molar-refractivity contribution in [3.8, 4) is 0 Å². The molecule has 1 aromatic rings. The Morgan fingerprint density at radius 2 is 2.11 bits per heavy atom. The lowest BCUT2D eigenvalue weighted by Crippen LogP contribution is -2.40. The number of nitrogens with two attached hydrogens (primary N) is 1. The molecule has 3 N–H and O–H groups in total. The van der Waals surface area contributed by atoms with Crippen molar-refractivity contribution in [3.63, 3.8) is 0 Å². The average Bonchev–Trinajstić information content (AvgIpc) is 2.70. The van der Waals surface area contributed by atoms with Gasteiger partial charge in [-0.1, -0.05) is 12.8 Å². The van der Waals surface area contributed by atoms with Crippen molar-refractivity contribution in [1.82, 2.24) is 0 Å². The van der Waals surface area contributed by atoms with Gasteiger partial charge in [0.2, 0.25) is 5.91 Å². The molecule has 98 valence electrons. The minimum absolute atomic E-state index is 0.0922. The minimum atomic E-state index is -0.348. The Bertz CT molecular complexity index is 453. The average molecular weight is 250 g/mol. The molecule has 0 unspecified atom stereocenters. The normalized spacial score (nSPS) is 17.7. The van der Waals surface area contributed by atoms with Gasteiger partial charge in [0.1, 0.15) is 5.82 Å². The first kappa shape index (κ1) is 13.0. The number of hydrogen-bond acceptors (Lipinski definition) is 2. The van der Waals surface area contributed by atoms with E-state index >= 15 is 0 Å². The molecular formula is C14H19FN2O. The van der Waals surface area contributed by atoms with Crippen molar-refractivity contribution < 1.29 is 9.18 Å². The lowest BCUT2D eigenvalue weighted by Gasteiger charge is -2.22. The van der Waals surface area contributed by atoms with E-state index in [1.807, 2.05) is 0 Å². The van der Waals surface area contributed by atoms with Gasteiger partial charge in [0.05, 0.1) is 0 Å². The van der Waals surface area contributed by atoms with Crippen LogP contribution in [0.25, 0.3) is 0 Å². The van der Waals surface area contributed by atoms with Gasteiger partial charge in [-0.15, -0.1) is 0 Å². The van der Waals surface area contributed by atoms with Crippen LogP contribution in [-0.2, 0) is 4.79 Å². The van der Waals surface area contributed by atoms with Gasteiger partial charge in [-0.2, -0.15) is 0 Å². The Labute approximate surface area is 107 Å². The molecule has 18 heavy (non-hydrogen) atoms. The second-order valence-electron chi connectivity index (χ2n) is 5.26. The van der Waals surface area contributed by atoms with Crippen LogP contribution < -0.4 is 11.1 Å². The highest BCUT2D eigenvalue weighted by Crippen LogP contribution is 2.30. The van der Waals surface area contributed by atoms with Crippen LogP contribution in [0.3, 0.4) is 0 Å². The topological polar surface area (TPSA) is 55.1 Å². The van der Waals surface area contributed by atoms with E-state index in [4.69, 9.17) is 5.73 Å². The molecule has 0 spiro atoms. The van der Waals surface area contributed by atoms with Crippen LogP contribution >= 0.6 is 0 Å². The fraction of sp³-hybridized carbons (Fsp3) is 0.500. The summed E-state index contributed by atoms with van der Waals surface area (Å²) in [6.07, 6.45) is 4.34. The first-order valence-corrected chi connectivity index (χ1v) is 6.33. The number of rotatable bonds is 3. The van der Waals surface area contributed by atoms with Crippen LogP contribution in [0, 0.1) is 12.7 Å². The van der Waals surface area contributed by atoms with E-state index in [0.29, 0.717) is 17.7 Å². The largest absolute Gasteiger partial charge is 0.326 e. The molecular weight excluding hydrogens is 231 g/mol. The Kier molecular flexibility index (Phi) is 3.66. The van der Waals surface area contributed by atoms with Crippen molar-refractivity contribution in [2.24, 2.45) is 5.73 Å². The molecule has 4 heteroatoms. The van der Waals surface area contributed by atoms with Crippen LogP contribution in [0.4, 0.5) is 10.1 Å². The van der Waals surface area contributed by atoms with Crippen molar-refractivity contribution >= 4 is 11.6 Å². The predicted octanol–water partition coefficient (Wildman–Crippen LogP) is 2.73. The second-order valence-corrected chi connectivity index (χ2v) is 5.26. The van der Waals surface area contributed by atoms with Gasteiger partial charge in [0.25, 0.3) is 0 Å². The van der Waals surface area contributed by atoms with Gasteiger partial charge in [0, 0.05) is 17.6 Å². The summed E-state index contributed by atoms with van der Waals surface area (Å²) in [5.74, 6) is -0.357. The molecule has 1 amide bonds. The van der Waals surface area contributed by atoms with Crippen LogP contribution in [0.2, 0.25) is 0 Å². The number of carbonyl (C=O) groups excluding carboxylic acids is 1. The maximum atomic E-state index is 13.1. The predicted molar refractivity (Wildman–Crippen MR) is 69.8 cm³/mol. The summed E-state index contributed by atoms with van der Waals surface area (Å²) in [7, 11) is 0. The van der Waals surface area contributed by atoms with E-state index in [1.165, 1.54) is 6.07 Å². The third-order valence-electron chi connectivity index (χ3n) is 3.55. The maximum absolute atomic E-state index is 13.1. The van der Waals surface area contributed by atoms with Gasteiger partial charge in [0.15, 0.2) is 0 Å². The maximum Gasteiger partial charge on any atom is 0.226 e. The third kappa shape index (κ3) is 3.07. The Morgan fingerprint density at radius 3 is 2.72 bits per heavy atom. The zero-order valence-corrected chi connectivity index (χ0v) is 10.6. The summed E-state index contributed by atoms with van der Waals surface area (Å²) in [6, 6.07) is 4.56. The van der Waals surface area contributed by atoms with E-state index in [1.54, 1.807) is 19.1 Å². The fourth-order valence-corrected chi connectivity index (χ4v) is 2.50. The van der Waals surface area contributed by atoms with E-state index in [2.05, 4.69) is 5.32 Å². The van der Waals surface area contributed by atoms with Crippen molar-refractivity contribution in [2.45, 2.75) is 44.6 Å². The zero-order valence-electron chi connectivity index (χ0n) is 10.6. The van der Waals surface area contributed by atoms with Gasteiger partial charge in [-0.25, -0.2) is 4.39 Å². The number of anilines is 1. The summed E-state index contributed by atoms with van der Waals surface area (Å²) in [6.45, 7) is 1.67.